The third kappa shape index (κ3) is 5.47. The SMILES string of the molecule is CCN1C(=O)C(=Cc2cc(Cl)ccc2OCCCOc2ccccc2OC)SC1=S. The summed E-state index contributed by atoms with van der Waals surface area (Å²) in [6.45, 7) is 3.38. The second-order valence-corrected chi connectivity index (χ2v) is 8.42. The van der Waals surface area contributed by atoms with Gasteiger partial charge in [0.1, 0.15) is 10.1 Å². The van der Waals surface area contributed by atoms with Gasteiger partial charge >= 0.3 is 0 Å². The molecule has 0 aliphatic carbocycles. The van der Waals surface area contributed by atoms with E-state index in [4.69, 9.17) is 38.0 Å². The molecule has 1 aliphatic rings. The van der Waals surface area contributed by atoms with Crippen molar-refractivity contribution in [3.8, 4) is 17.2 Å². The lowest BCUT2D eigenvalue weighted by Gasteiger charge is -2.12. The molecule has 1 aliphatic heterocycles. The van der Waals surface area contributed by atoms with Gasteiger partial charge in [-0.15, -0.1) is 0 Å². The summed E-state index contributed by atoms with van der Waals surface area (Å²) in [4.78, 5) is 14.6. The van der Waals surface area contributed by atoms with Crippen LogP contribution in [0.5, 0.6) is 17.2 Å². The average Bonchev–Trinajstić information content (AvgIpc) is 3.01. The molecule has 0 bridgehead atoms. The molecule has 8 heteroatoms. The van der Waals surface area contributed by atoms with Crippen LogP contribution in [0.2, 0.25) is 5.02 Å². The van der Waals surface area contributed by atoms with Crippen molar-refractivity contribution in [3.05, 3.63) is 58.0 Å². The van der Waals surface area contributed by atoms with E-state index in [0.29, 0.717) is 57.7 Å². The number of benzene rings is 2. The molecule has 30 heavy (non-hydrogen) atoms. The molecule has 158 valence electrons. The monoisotopic (exact) mass is 463 g/mol. The van der Waals surface area contributed by atoms with Gasteiger partial charge in [-0.25, -0.2) is 0 Å². The van der Waals surface area contributed by atoms with Crippen LogP contribution in [0.3, 0.4) is 0 Å². The van der Waals surface area contributed by atoms with Crippen molar-refractivity contribution in [1.82, 2.24) is 4.90 Å². The van der Waals surface area contributed by atoms with Gasteiger partial charge in [0.25, 0.3) is 5.91 Å². The normalized spacial score (nSPS) is 15.0. The average molecular weight is 464 g/mol. The number of likely N-dealkylation sites (N-methyl/N-ethyl adjacent to an activating group) is 1. The molecule has 2 aromatic carbocycles. The van der Waals surface area contributed by atoms with Gasteiger partial charge in [-0.1, -0.05) is 47.7 Å². The van der Waals surface area contributed by atoms with Crippen LogP contribution in [0.15, 0.2) is 47.4 Å². The Balaban J connectivity index is 1.61. The van der Waals surface area contributed by atoms with E-state index in [-0.39, 0.29) is 5.91 Å². The Morgan fingerprint density at radius 2 is 1.80 bits per heavy atom. The standard InChI is InChI=1S/C22H22ClNO4S2/c1-3-24-21(25)20(30-22(24)29)14-15-13-16(23)9-10-17(15)27-11-6-12-28-19-8-5-4-7-18(19)26-2/h4-5,7-10,13-14H,3,6,11-12H2,1-2H3. The highest BCUT2D eigenvalue weighted by Crippen LogP contribution is 2.35. The molecule has 0 radical (unpaired) electrons. The predicted octanol–water partition coefficient (Wildman–Crippen LogP) is 5.42. The van der Waals surface area contributed by atoms with Crippen molar-refractivity contribution in [1.29, 1.82) is 0 Å². The Labute approximate surface area is 190 Å². The van der Waals surface area contributed by atoms with E-state index in [9.17, 15) is 4.79 Å². The largest absolute Gasteiger partial charge is 0.493 e. The van der Waals surface area contributed by atoms with Gasteiger partial charge in [-0.3, -0.25) is 9.69 Å². The van der Waals surface area contributed by atoms with Gasteiger partial charge in [0.15, 0.2) is 11.5 Å². The Morgan fingerprint density at radius 1 is 1.10 bits per heavy atom. The minimum absolute atomic E-state index is 0.0939. The fraction of sp³-hybridized carbons (Fsp3) is 0.273. The smallest absolute Gasteiger partial charge is 0.266 e. The van der Waals surface area contributed by atoms with Crippen molar-refractivity contribution in [2.75, 3.05) is 26.9 Å². The number of hydrogen-bond donors (Lipinski definition) is 0. The quantitative estimate of drug-likeness (QED) is 0.281. The Hall–Kier alpha value is -2.22. The van der Waals surface area contributed by atoms with Gasteiger partial charge in [0.2, 0.25) is 0 Å². The summed E-state index contributed by atoms with van der Waals surface area (Å²) < 4.78 is 17.5. The summed E-state index contributed by atoms with van der Waals surface area (Å²) in [5.74, 6) is 1.95. The van der Waals surface area contributed by atoms with Crippen LogP contribution >= 0.6 is 35.6 Å². The minimum atomic E-state index is -0.0939. The number of carbonyl (C=O) groups excluding carboxylic acids is 1. The summed E-state index contributed by atoms with van der Waals surface area (Å²) >= 11 is 12.7. The first-order chi connectivity index (χ1) is 14.5. The van der Waals surface area contributed by atoms with Crippen LogP contribution < -0.4 is 14.2 Å². The van der Waals surface area contributed by atoms with E-state index in [1.54, 1.807) is 36.3 Å². The molecule has 0 atom stereocenters. The molecule has 1 heterocycles. The summed E-state index contributed by atoms with van der Waals surface area (Å²) in [6.07, 6.45) is 2.46. The van der Waals surface area contributed by atoms with Crippen molar-refractivity contribution in [2.45, 2.75) is 13.3 Å². The van der Waals surface area contributed by atoms with Crippen molar-refractivity contribution < 1.29 is 19.0 Å². The molecule has 0 N–H and O–H groups in total. The number of thioether (sulfide) groups is 1. The first kappa shape index (κ1) is 22.5. The van der Waals surface area contributed by atoms with Crippen LogP contribution in [0.25, 0.3) is 6.08 Å². The van der Waals surface area contributed by atoms with Crippen molar-refractivity contribution >= 4 is 51.9 Å². The maximum absolute atomic E-state index is 12.5. The van der Waals surface area contributed by atoms with E-state index >= 15 is 0 Å². The zero-order valence-electron chi connectivity index (χ0n) is 16.7. The lowest BCUT2D eigenvalue weighted by atomic mass is 10.2. The zero-order chi connectivity index (χ0) is 21.5. The number of nitrogens with zero attached hydrogens (tertiary/aromatic N) is 1. The van der Waals surface area contributed by atoms with Crippen LogP contribution in [0.4, 0.5) is 0 Å². The van der Waals surface area contributed by atoms with Crippen LogP contribution in [-0.2, 0) is 4.79 Å². The summed E-state index contributed by atoms with van der Waals surface area (Å²) in [5, 5.41) is 0.569. The van der Waals surface area contributed by atoms with Gasteiger partial charge in [0.05, 0.1) is 25.2 Å². The molecule has 1 saturated heterocycles. The van der Waals surface area contributed by atoms with Crippen molar-refractivity contribution in [2.24, 2.45) is 0 Å². The molecular formula is C22H22ClNO4S2. The molecule has 0 aromatic heterocycles. The number of methoxy groups -OCH3 is 1. The summed E-state index contributed by atoms with van der Waals surface area (Å²) in [7, 11) is 1.61. The summed E-state index contributed by atoms with van der Waals surface area (Å²) in [6, 6.07) is 12.9. The highest BCUT2D eigenvalue weighted by molar-refractivity contribution is 8.26. The molecule has 1 amide bonds. The first-order valence-electron chi connectivity index (χ1n) is 9.47. The Morgan fingerprint density at radius 3 is 2.47 bits per heavy atom. The number of amides is 1. The second kappa shape index (κ2) is 10.7. The van der Waals surface area contributed by atoms with Gasteiger partial charge in [-0.2, -0.15) is 0 Å². The topological polar surface area (TPSA) is 48.0 Å². The second-order valence-electron chi connectivity index (χ2n) is 6.31. The Bertz CT molecular complexity index is 964. The van der Waals surface area contributed by atoms with E-state index in [2.05, 4.69) is 0 Å². The molecule has 0 spiro atoms. The summed E-state index contributed by atoms with van der Waals surface area (Å²) in [5.41, 5.74) is 0.741. The molecule has 1 fully saturated rings. The Kier molecular flexibility index (Phi) is 8.01. The molecule has 5 nitrogen and oxygen atoms in total. The molecule has 3 rings (SSSR count). The number of halogens is 1. The van der Waals surface area contributed by atoms with E-state index in [0.717, 1.165) is 5.56 Å². The van der Waals surface area contributed by atoms with Crippen LogP contribution in [0.1, 0.15) is 18.9 Å². The van der Waals surface area contributed by atoms with E-state index in [1.807, 2.05) is 31.2 Å². The molecule has 0 saturated carbocycles. The number of hydrogen-bond acceptors (Lipinski definition) is 6. The number of para-hydroxylation sites is 2. The van der Waals surface area contributed by atoms with E-state index in [1.165, 1.54) is 11.8 Å². The fourth-order valence-electron chi connectivity index (χ4n) is 2.84. The van der Waals surface area contributed by atoms with Gasteiger partial charge in [0, 0.05) is 23.6 Å². The molecule has 2 aromatic rings. The fourth-order valence-corrected chi connectivity index (χ4v) is 4.39. The number of carbonyl (C=O) groups is 1. The van der Waals surface area contributed by atoms with E-state index < -0.39 is 0 Å². The number of rotatable bonds is 9. The number of thiocarbonyl (C=S) groups is 1. The van der Waals surface area contributed by atoms with Crippen LogP contribution in [0, 0.1) is 0 Å². The molecular weight excluding hydrogens is 442 g/mol. The van der Waals surface area contributed by atoms with Gasteiger partial charge in [-0.05, 0) is 43.3 Å². The van der Waals surface area contributed by atoms with Gasteiger partial charge < -0.3 is 14.2 Å². The lowest BCUT2D eigenvalue weighted by Crippen LogP contribution is -2.27. The first-order valence-corrected chi connectivity index (χ1v) is 11.1. The minimum Gasteiger partial charge on any atom is -0.493 e. The van der Waals surface area contributed by atoms with Crippen LogP contribution in [-0.4, -0.2) is 42.0 Å². The number of ether oxygens (including phenoxy) is 3. The van der Waals surface area contributed by atoms with Crippen molar-refractivity contribution in [3.63, 3.8) is 0 Å². The third-order valence-corrected chi connectivity index (χ3v) is 5.93. The molecule has 0 unspecified atom stereocenters. The highest BCUT2D eigenvalue weighted by atomic mass is 35.5. The zero-order valence-corrected chi connectivity index (χ0v) is 19.1. The maximum atomic E-state index is 12.5. The third-order valence-electron chi connectivity index (χ3n) is 4.32. The lowest BCUT2D eigenvalue weighted by molar-refractivity contribution is -0.121. The predicted molar refractivity (Wildman–Crippen MR) is 126 cm³/mol. The maximum Gasteiger partial charge on any atom is 0.266 e. The highest BCUT2D eigenvalue weighted by Gasteiger charge is 2.30.